The van der Waals surface area contributed by atoms with Gasteiger partial charge in [-0.25, -0.2) is 0 Å². The lowest BCUT2D eigenvalue weighted by Crippen LogP contribution is -2.50. The Morgan fingerprint density at radius 3 is 2.84 bits per heavy atom. The number of ether oxygens (including phenoxy) is 1. The van der Waals surface area contributed by atoms with Gasteiger partial charge in [-0.2, -0.15) is 0 Å². The standard InChI is InChI=1S/C20H27ClO4/c1-11(10-22)13-4-6-16-14(18(13)21)5-7-17-15(19(24)25-3)8-12(23)9-20(16,17)2/h4,6,11-12,15,17,22-23H,5,7-10H2,1-3H3. The number of halogens is 1. The van der Waals surface area contributed by atoms with Gasteiger partial charge in [-0.3, -0.25) is 4.79 Å². The van der Waals surface area contributed by atoms with Gasteiger partial charge < -0.3 is 14.9 Å². The Morgan fingerprint density at radius 2 is 2.20 bits per heavy atom. The average molecular weight is 367 g/mol. The zero-order chi connectivity index (χ0) is 18.4. The van der Waals surface area contributed by atoms with Crippen LogP contribution in [0.1, 0.15) is 55.7 Å². The van der Waals surface area contributed by atoms with Gasteiger partial charge in [-0.1, -0.05) is 37.6 Å². The number of benzene rings is 1. The van der Waals surface area contributed by atoms with E-state index in [1.165, 1.54) is 7.11 Å². The molecule has 138 valence electrons. The molecule has 1 aromatic rings. The Morgan fingerprint density at radius 1 is 1.48 bits per heavy atom. The van der Waals surface area contributed by atoms with Crippen LogP contribution in [0.2, 0.25) is 5.02 Å². The molecule has 0 aromatic heterocycles. The molecule has 0 spiro atoms. The van der Waals surface area contributed by atoms with Crippen molar-refractivity contribution >= 4 is 17.6 Å². The van der Waals surface area contributed by atoms with Crippen LogP contribution >= 0.6 is 11.6 Å². The van der Waals surface area contributed by atoms with Crippen molar-refractivity contribution in [2.45, 2.75) is 57.0 Å². The Kier molecular flexibility index (Phi) is 5.16. The second-order valence-corrected chi connectivity index (χ2v) is 8.24. The predicted octanol–water partition coefficient (Wildman–Crippen LogP) is 3.20. The van der Waals surface area contributed by atoms with Crippen LogP contribution in [0.3, 0.4) is 0 Å². The van der Waals surface area contributed by atoms with Gasteiger partial charge in [-0.05, 0) is 53.7 Å². The molecule has 2 aliphatic rings. The molecule has 3 rings (SSSR count). The zero-order valence-electron chi connectivity index (χ0n) is 15.1. The predicted molar refractivity (Wildman–Crippen MR) is 96.9 cm³/mol. The van der Waals surface area contributed by atoms with Crippen molar-refractivity contribution in [1.29, 1.82) is 0 Å². The van der Waals surface area contributed by atoms with E-state index in [9.17, 15) is 15.0 Å². The maximum atomic E-state index is 12.3. The van der Waals surface area contributed by atoms with Crippen molar-refractivity contribution in [3.8, 4) is 0 Å². The number of fused-ring (bicyclic) bond motifs is 3. The molecule has 5 atom stereocenters. The molecular weight excluding hydrogens is 340 g/mol. The topological polar surface area (TPSA) is 66.8 Å². The first-order valence-electron chi connectivity index (χ1n) is 9.02. The Balaban J connectivity index is 2.07. The summed E-state index contributed by atoms with van der Waals surface area (Å²) in [5.74, 6) is -0.368. The maximum absolute atomic E-state index is 12.3. The molecule has 2 aliphatic carbocycles. The smallest absolute Gasteiger partial charge is 0.309 e. The molecule has 1 fully saturated rings. The van der Waals surface area contributed by atoms with Gasteiger partial charge in [0.2, 0.25) is 0 Å². The lowest BCUT2D eigenvalue weighted by molar-refractivity contribution is -0.153. The SMILES string of the molecule is COC(=O)C1CC(O)CC2(C)c3ccc(C(C)CO)c(Cl)c3CCC12. The second-order valence-electron chi connectivity index (χ2n) is 7.86. The third-order valence-corrected chi connectivity index (χ3v) is 6.84. The van der Waals surface area contributed by atoms with E-state index in [0.717, 1.165) is 34.6 Å². The zero-order valence-corrected chi connectivity index (χ0v) is 15.8. The molecule has 0 bridgehead atoms. The minimum Gasteiger partial charge on any atom is -0.469 e. The summed E-state index contributed by atoms with van der Waals surface area (Å²) in [6.45, 7) is 4.15. The van der Waals surface area contributed by atoms with E-state index in [2.05, 4.69) is 13.0 Å². The summed E-state index contributed by atoms with van der Waals surface area (Å²) in [4.78, 5) is 12.3. The fourth-order valence-corrected chi connectivity index (χ4v) is 5.51. The molecular formula is C20H27ClO4. The van der Waals surface area contributed by atoms with Gasteiger partial charge in [0.05, 0.1) is 19.1 Å². The molecule has 0 heterocycles. The van der Waals surface area contributed by atoms with Crippen molar-refractivity contribution < 1.29 is 19.7 Å². The van der Waals surface area contributed by atoms with Gasteiger partial charge in [0.15, 0.2) is 0 Å². The maximum Gasteiger partial charge on any atom is 0.309 e. The summed E-state index contributed by atoms with van der Waals surface area (Å²) in [5.41, 5.74) is 2.91. The summed E-state index contributed by atoms with van der Waals surface area (Å²) in [5, 5.41) is 20.6. The van der Waals surface area contributed by atoms with Crippen LogP contribution in [0.25, 0.3) is 0 Å². The van der Waals surface area contributed by atoms with E-state index >= 15 is 0 Å². The van der Waals surface area contributed by atoms with E-state index in [0.29, 0.717) is 12.8 Å². The van der Waals surface area contributed by atoms with Crippen LogP contribution in [0, 0.1) is 11.8 Å². The summed E-state index contributed by atoms with van der Waals surface area (Å²) < 4.78 is 5.00. The lowest BCUT2D eigenvalue weighted by Gasteiger charge is -2.51. The first-order valence-corrected chi connectivity index (χ1v) is 9.39. The van der Waals surface area contributed by atoms with Crippen molar-refractivity contribution in [3.05, 3.63) is 33.8 Å². The molecule has 0 radical (unpaired) electrons. The minimum atomic E-state index is -0.522. The van der Waals surface area contributed by atoms with Crippen molar-refractivity contribution in [2.24, 2.45) is 11.8 Å². The first-order chi connectivity index (χ1) is 11.8. The molecule has 0 saturated heterocycles. The van der Waals surface area contributed by atoms with Crippen LogP contribution in [-0.4, -0.2) is 36.0 Å². The van der Waals surface area contributed by atoms with Crippen LogP contribution in [-0.2, 0) is 21.4 Å². The number of hydrogen-bond donors (Lipinski definition) is 2. The first kappa shape index (κ1) is 18.7. The van der Waals surface area contributed by atoms with E-state index in [1.54, 1.807) is 0 Å². The van der Waals surface area contributed by atoms with Crippen molar-refractivity contribution in [3.63, 3.8) is 0 Å². The largest absolute Gasteiger partial charge is 0.469 e. The molecule has 1 saturated carbocycles. The summed E-state index contributed by atoms with van der Waals surface area (Å²) in [7, 11) is 1.41. The summed E-state index contributed by atoms with van der Waals surface area (Å²) in [6, 6.07) is 4.07. The van der Waals surface area contributed by atoms with E-state index < -0.39 is 6.10 Å². The average Bonchev–Trinajstić information content (AvgIpc) is 2.59. The second kappa shape index (κ2) is 6.90. The highest BCUT2D eigenvalue weighted by Crippen LogP contribution is 2.54. The molecule has 5 heteroatoms. The number of rotatable bonds is 3. The molecule has 2 N–H and O–H groups in total. The Labute approximate surface area is 154 Å². The van der Waals surface area contributed by atoms with Gasteiger partial charge in [-0.15, -0.1) is 0 Å². The monoisotopic (exact) mass is 366 g/mol. The summed E-state index contributed by atoms with van der Waals surface area (Å²) in [6.07, 6.45) is 2.24. The number of aliphatic hydroxyl groups excluding tert-OH is 2. The molecule has 25 heavy (non-hydrogen) atoms. The quantitative estimate of drug-likeness (QED) is 0.806. The third kappa shape index (κ3) is 2.98. The minimum absolute atomic E-state index is 0.0110. The molecule has 4 nitrogen and oxygen atoms in total. The summed E-state index contributed by atoms with van der Waals surface area (Å²) >= 11 is 6.69. The normalized spacial score (nSPS) is 32.5. The van der Waals surface area contributed by atoms with Crippen LogP contribution < -0.4 is 0 Å². The number of aliphatic hydroxyl groups is 2. The van der Waals surface area contributed by atoms with Crippen LogP contribution in [0.4, 0.5) is 0 Å². The number of hydrogen-bond acceptors (Lipinski definition) is 4. The molecule has 0 amide bonds. The van der Waals surface area contributed by atoms with E-state index in [1.807, 2.05) is 13.0 Å². The lowest BCUT2D eigenvalue weighted by atomic mass is 9.54. The number of carbonyl (C=O) groups is 1. The number of carbonyl (C=O) groups excluding carboxylic acids is 1. The Hall–Kier alpha value is -1.10. The highest BCUT2D eigenvalue weighted by atomic mass is 35.5. The van der Waals surface area contributed by atoms with Gasteiger partial charge in [0.25, 0.3) is 0 Å². The van der Waals surface area contributed by atoms with Crippen molar-refractivity contribution in [1.82, 2.24) is 0 Å². The van der Waals surface area contributed by atoms with Gasteiger partial charge in [0, 0.05) is 17.5 Å². The number of esters is 1. The Bertz CT molecular complexity index is 674. The fourth-order valence-electron chi connectivity index (χ4n) is 5.06. The van der Waals surface area contributed by atoms with E-state index in [-0.39, 0.29) is 35.7 Å². The highest BCUT2D eigenvalue weighted by molar-refractivity contribution is 6.32. The van der Waals surface area contributed by atoms with Crippen molar-refractivity contribution in [2.75, 3.05) is 13.7 Å². The number of methoxy groups -OCH3 is 1. The van der Waals surface area contributed by atoms with Gasteiger partial charge in [0.1, 0.15) is 0 Å². The third-order valence-electron chi connectivity index (χ3n) is 6.39. The molecule has 1 aromatic carbocycles. The van der Waals surface area contributed by atoms with E-state index in [4.69, 9.17) is 16.3 Å². The molecule has 5 unspecified atom stereocenters. The highest BCUT2D eigenvalue weighted by Gasteiger charge is 2.51. The molecule has 0 aliphatic heterocycles. The fraction of sp³-hybridized carbons (Fsp3) is 0.650. The van der Waals surface area contributed by atoms with Crippen LogP contribution in [0.5, 0.6) is 0 Å². The van der Waals surface area contributed by atoms with Gasteiger partial charge >= 0.3 is 5.97 Å². The van der Waals surface area contributed by atoms with Crippen LogP contribution in [0.15, 0.2) is 12.1 Å².